The highest BCUT2D eigenvalue weighted by atomic mass is 16.3. The van der Waals surface area contributed by atoms with Gasteiger partial charge in [-0.05, 0) is 37.6 Å². The maximum Gasteiger partial charge on any atom is 0.254 e. The lowest BCUT2D eigenvalue weighted by atomic mass is 10.1. The number of nitrogens with two attached hydrogens (primary N) is 2. The van der Waals surface area contributed by atoms with Crippen molar-refractivity contribution in [3.63, 3.8) is 0 Å². The number of hydrogen-bond acceptors (Lipinski definition) is 6. The first-order valence-corrected chi connectivity index (χ1v) is 7.70. The van der Waals surface area contributed by atoms with E-state index in [1.54, 1.807) is 31.2 Å². The fourth-order valence-corrected chi connectivity index (χ4v) is 2.85. The molecular formula is C18H16N6O2. The standard InChI is InChI=1S/C18H16N6O2/c1-9-5-6-12(25)10(2)16(9)24-17(20)13(18(21)26)15(23-24)14-11(8-19)4-3-7-22-14/h3-7,25H,20H2,1-2H3,(H2,21,26). The lowest BCUT2D eigenvalue weighted by Gasteiger charge is -2.12. The number of phenolic OH excluding ortho intramolecular Hbond substituents is 1. The molecule has 1 amide bonds. The molecule has 26 heavy (non-hydrogen) atoms. The number of nitrogen functional groups attached to an aromatic ring is 1. The second kappa shape index (κ2) is 6.22. The van der Waals surface area contributed by atoms with E-state index in [1.807, 2.05) is 13.0 Å². The number of aromatic nitrogens is 3. The zero-order valence-electron chi connectivity index (χ0n) is 14.2. The predicted octanol–water partition coefficient (Wildman–Crippen LogP) is 1.81. The average molecular weight is 348 g/mol. The Morgan fingerprint density at radius 3 is 2.65 bits per heavy atom. The van der Waals surface area contributed by atoms with E-state index in [1.165, 1.54) is 10.9 Å². The first-order valence-electron chi connectivity index (χ1n) is 7.70. The van der Waals surface area contributed by atoms with Crippen molar-refractivity contribution in [2.75, 3.05) is 5.73 Å². The van der Waals surface area contributed by atoms with E-state index in [-0.39, 0.29) is 34.1 Å². The van der Waals surface area contributed by atoms with Crippen LogP contribution in [0.2, 0.25) is 0 Å². The zero-order valence-corrected chi connectivity index (χ0v) is 14.2. The number of rotatable bonds is 3. The van der Waals surface area contributed by atoms with Crippen LogP contribution in [0.25, 0.3) is 17.1 Å². The third kappa shape index (κ3) is 2.52. The molecule has 8 heteroatoms. The van der Waals surface area contributed by atoms with Gasteiger partial charge in [0.1, 0.15) is 34.6 Å². The Labute approximate surface area is 149 Å². The van der Waals surface area contributed by atoms with Gasteiger partial charge >= 0.3 is 0 Å². The Kier molecular flexibility index (Phi) is 4.06. The quantitative estimate of drug-likeness (QED) is 0.658. The summed E-state index contributed by atoms with van der Waals surface area (Å²) in [7, 11) is 0. The second-order valence-corrected chi connectivity index (χ2v) is 5.77. The van der Waals surface area contributed by atoms with E-state index < -0.39 is 5.91 Å². The summed E-state index contributed by atoms with van der Waals surface area (Å²) < 4.78 is 1.34. The largest absolute Gasteiger partial charge is 0.508 e. The number of primary amides is 1. The molecule has 0 unspecified atom stereocenters. The van der Waals surface area contributed by atoms with Gasteiger partial charge in [-0.2, -0.15) is 10.4 Å². The summed E-state index contributed by atoms with van der Waals surface area (Å²) in [5, 5.41) is 23.8. The van der Waals surface area contributed by atoms with Crippen molar-refractivity contribution in [1.29, 1.82) is 5.26 Å². The minimum Gasteiger partial charge on any atom is -0.508 e. The van der Waals surface area contributed by atoms with Crippen molar-refractivity contribution in [3.05, 3.63) is 52.7 Å². The molecule has 0 radical (unpaired) electrons. The number of pyridine rings is 1. The van der Waals surface area contributed by atoms with Crippen molar-refractivity contribution in [2.24, 2.45) is 5.73 Å². The molecule has 5 N–H and O–H groups in total. The summed E-state index contributed by atoms with van der Waals surface area (Å²) >= 11 is 0. The average Bonchev–Trinajstić information content (AvgIpc) is 2.96. The molecule has 0 saturated carbocycles. The van der Waals surface area contributed by atoms with E-state index in [0.29, 0.717) is 11.3 Å². The van der Waals surface area contributed by atoms with Crippen LogP contribution in [0.15, 0.2) is 30.5 Å². The SMILES string of the molecule is Cc1ccc(O)c(C)c1-n1nc(-c2ncccc2C#N)c(C(N)=O)c1N. The van der Waals surface area contributed by atoms with Crippen LogP contribution in [0, 0.1) is 25.2 Å². The third-order valence-corrected chi connectivity index (χ3v) is 4.14. The van der Waals surface area contributed by atoms with Gasteiger partial charge in [-0.3, -0.25) is 9.78 Å². The molecule has 8 nitrogen and oxygen atoms in total. The van der Waals surface area contributed by atoms with Crippen LogP contribution in [0.3, 0.4) is 0 Å². The Hall–Kier alpha value is -3.86. The molecule has 0 aliphatic rings. The summed E-state index contributed by atoms with van der Waals surface area (Å²) in [5.74, 6) is -0.703. The molecule has 2 heterocycles. The van der Waals surface area contributed by atoms with Crippen LogP contribution in [-0.4, -0.2) is 25.8 Å². The normalized spacial score (nSPS) is 10.5. The molecule has 0 atom stereocenters. The highest BCUT2D eigenvalue weighted by molar-refractivity contribution is 6.03. The lowest BCUT2D eigenvalue weighted by Crippen LogP contribution is -2.15. The highest BCUT2D eigenvalue weighted by Crippen LogP contribution is 2.33. The number of benzene rings is 1. The summed E-state index contributed by atoms with van der Waals surface area (Å²) in [4.78, 5) is 16.2. The molecule has 0 bridgehead atoms. The maximum absolute atomic E-state index is 12.0. The van der Waals surface area contributed by atoms with Gasteiger partial charge in [0, 0.05) is 11.8 Å². The van der Waals surface area contributed by atoms with Crippen LogP contribution in [0.5, 0.6) is 5.75 Å². The number of nitriles is 1. The monoisotopic (exact) mass is 348 g/mol. The lowest BCUT2D eigenvalue weighted by molar-refractivity contribution is 0.100. The van der Waals surface area contributed by atoms with E-state index >= 15 is 0 Å². The molecule has 0 spiro atoms. The summed E-state index contributed by atoms with van der Waals surface area (Å²) in [6.07, 6.45) is 1.49. The van der Waals surface area contributed by atoms with Gasteiger partial charge in [0.15, 0.2) is 0 Å². The van der Waals surface area contributed by atoms with Gasteiger partial charge in [-0.15, -0.1) is 0 Å². The molecular weight excluding hydrogens is 332 g/mol. The molecule has 0 fully saturated rings. The molecule has 2 aromatic heterocycles. The summed E-state index contributed by atoms with van der Waals surface area (Å²) in [6, 6.07) is 8.46. The molecule has 3 rings (SSSR count). The van der Waals surface area contributed by atoms with Crippen LogP contribution >= 0.6 is 0 Å². The van der Waals surface area contributed by atoms with Crippen molar-refractivity contribution in [1.82, 2.24) is 14.8 Å². The number of hydrogen-bond donors (Lipinski definition) is 3. The van der Waals surface area contributed by atoms with E-state index in [4.69, 9.17) is 11.5 Å². The number of anilines is 1. The number of amides is 1. The van der Waals surface area contributed by atoms with Crippen molar-refractivity contribution >= 4 is 11.7 Å². The number of nitrogens with zero attached hydrogens (tertiary/aromatic N) is 4. The van der Waals surface area contributed by atoms with Crippen LogP contribution in [-0.2, 0) is 0 Å². The molecule has 1 aromatic carbocycles. The number of aromatic hydroxyl groups is 1. The fraction of sp³-hybridized carbons (Fsp3) is 0.111. The van der Waals surface area contributed by atoms with Crippen molar-refractivity contribution < 1.29 is 9.90 Å². The Morgan fingerprint density at radius 1 is 1.27 bits per heavy atom. The van der Waals surface area contributed by atoms with Gasteiger partial charge in [-0.1, -0.05) is 6.07 Å². The second-order valence-electron chi connectivity index (χ2n) is 5.77. The number of phenols is 1. The fourth-order valence-electron chi connectivity index (χ4n) is 2.85. The van der Waals surface area contributed by atoms with Gasteiger partial charge in [-0.25, -0.2) is 4.68 Å². The number of carbonyl (C=O) groups excluding carboxylic acids is 1. The summed E-state index contributed by atoms with van der Waals surface area (Å²) in [6.45, 7) is 3.54. The smallest absolute Gasteiger partial charge is 0.254 e. The van der Waals surface area contributed by atoms with E-state index in [2.05, 4.69) is 10.1 Å². The van der Waals surface area contributed by atoms with E-state index in [9.17, 15) is 15.2 Å². The molecule has 0 saturated heterocycles. The number of carbonyl (C=O) groups is 1. The summed E-state index contributed by atoms with van der Waals surface area (Å²) in [5.41, 5.74) is 14.1. The Balaban J connectivity index is 2.38. The Bertz CT molecular complexity index is 1080. The minimum absolute atomic E-state index is 0.0128. The minimum atomic E-state index is -0.784. The molecule has 0 aliphatic carbocycles. The van der Waals surface area contributed by atoms with Crippen molar-refractivity contribution in [3.8, 4) is 28.9 Å². The topological polar surface area (TPSA) is 144 Å². The van der Waals surface area contributed by atoms with Crippen LogP contribution in [0.4, 0.5) is 5.82 Å². The van der Waals surface area contributed by atoms with Crippen molar-refractivity contribution in [2.45, 2.75) is 13.8 Å². The number of aryl methyl sites for hydroxylation is 1. The van der Waals surface area contributed by atoms with Crippen LogP contribution < -0.4 is 11.5 Å². The first kappa shape index (κ1) is 17.0. The third-order valence-electron chi connectivity index (χ3n) is 4.14. The molecule has 0 aliphatic heterocycles. The van der Waals surface area contributed by atoms with Gasteiger partial charge in [0.2, 0.25) is 0 Å². The molecule has 130 valence electrons. The Morgan fingerprint density at radius 2 is 2.00 bits per heavy atom. The first-order chi connectivity index (χ1) is 12.4. The van der Waals surface area contributed by atoms with Gasteiger partial charge in [0.05, 0.1) is 11.3 Å². The zero-order chi connectivity index (χ0) is 19.0. The van der Waals surface area contributed by atoms with Gasteiger partial charge < -0.3 is 16.6 Å². The van der Waals surface area contributed by atoms with Gasteiger partial charge in [0.25, 0.3) is 5.91 Å². The maximum atomic E-state index is 12.0. The molecule has 3 aromatic rings. The van der Waals surface area contributed by atoms with E-state index in [0.717, 1.165) is 5.56 Å². The predicted molar refractivity (Wildman–Crippen MR) is 95.6 cm³/mol. The highest BCUT2D eigenvalue weighted by Gasteiger charge is 2.26. The van der Waals surface area contributed by atoms with Crippen LogP contribution in [0.1, 0.15) is 27.0 Å².